The van der Waals surface area contributed by atoms with Gasteiger partial charge < -0.3 is 14.8 Å². The third-order valence-electron chi connectivity index (χ3n) is 4.41. The second-order valence-corrected chi connectivity index (χ2v) is 10.1. The van der Waals surface area contributed by atoms with Crippen LogP contribution in [0.2, 0.25) is 0 Å². The minimum absolute atomic E-state index is 0.0146. The quantitative estimate of drug-likeness (QED) is 0.314. The Morgan fingerprint density at radius 3 is 1.39 bits per heavy atom. The minimum atomic E-state index is -4.77. The summed E-state index contributed by atoms with van der Waals surface area (Å²) in [5, 5.41) is 17.5. The summed E-state index contributed by atoms with van der Waals surface area (Å²) in [5.41, 5.74) is -0.296. The van der Waals surface area contributed by atoms with Crippen LogP contribution in [0.15, 0.2) is 129 Å². The summed E-state index contributed by atoms with van der Waals surface area (Å²) in [6.45, 7) is 0. The van der Waals surface area contributed by atoms with E-state index in [0.29, 0.717) is 6.07 Å². The first-order valence-electron chi connectivity index (χ1n) is 9.69. The number of benzene rings is 4. The van der Waals surface area contributed by atoms with Gasteiger partial charge in [0.1, 0.15) is 15.9 Å². The number of hydrogen-bond acceptors (Lipinski definition) is 5. The van der Waals surface area contributed by atoms with Crippen LogP contribution in [-0.2, 0) is 21.0 Å². The van der Waals surface area contributed by atoms with Crippen LogP contribution in [0.1, 0.15) is 10.4 Å². The molecule has 0 fully saturated rings. The van der Waals surface area contributed by atoms with E-state index in [9.17, 15) is 17.8 Å². The first-order chi connectivity index (χ1) is 15.8. The lowest BCUT2D eigenvalue weighted by atomic mass is 10.2. The molecule has 0 saturated heterocycles. The van der Waals surface area contributed by atoms with Gasteiger partial charge in [-0.25, -0.2) is 13.2 Å². The zero-order chi connectivity index (χ0) is 23.8. The monoisotopic (exact) mass is 480 g/mol. The number of hydrogen-bond donors (Lipinski definition) is 2. The Kier molecular flexibility index (Phi) is 7.89. The molecule has 0 radical (unpaired) electrons. The predicted molar refractivity (Wildman–Crippen MR) is 125 cm³/mol. The Morgan fingerprint density at radius 2 is 1.09 bits per heavy atom. The highest BCUT2D eigenvalue weighted by Crippen LogP contribution is 2.30. The van der Waals surface area contributed by atoms with Crippen molar-refractivity contribution >= 4 is 27.0 Å². The number of carboxylic acid groups (broad SMARTS) is 1. The Balaban J connectivity index is 0.000000196. The fraction of sp³-hybridized carbons (Fsp3) is 0. The van der Waals surface area contributed by atoms with Gasteiger partial charge in [-0.1, -0.05) is 54.6 Å². The fourth-order valence-corrected chi connectivity index (χ4v) is 5.59. The molecule has 0 aromatic heterocycles. The molecule has 0 unspecified atom stereocenters. The molecule has 0 amide bonds. The van der Waals surface area contributed by atoms with Gasteiger partial charge in [0.15, 0.2) is 14.7 Å². The first kappa shape index (κ1) is 24.1. The molecule has 6 nitrogen and oxygen atoms in total. The molecule has 0 aliphatic rings. The van der Waals surface area contributed by atoms with Crippen LogP contribution in [0.5, 0.6) is 5.75 Å². The van der Waals surface area contributed by atoms with E-state index >= 15 is 0 Å². The van der Waals surface area contributed by atoms with E-state index in [1.165, 1.54) is 14.7 Å². The largest absolute Gasteiger partial charge is 0.744 e. The maximum Gasteiger partial charge on any atom is 0.335 e. The zero-order valence-electron chi connectivity index (χ0n) is 17.2. The summed E-state index contributed by atoms with van der Waals surface area (Å²) in [5.74, 6) is -2.19. The van der Waals surface area contributed by atoms with E-state index in [1.54, 1.807) is 0 Å². The van der Waals surface area contributed by atoms with E-state index in [0.717, 1.165) is 12.1 Å². The number of rotatable bonds is 5. The van der Waals surface area contributed by atoms with Gasteiger partial charge in [-0.05, 0) is 54.6 Å². The van der Waals surface area contributed by atoms with E-state index in [2.05, 4.69) is 91.0 Å². The topological polar surface area (TPSA) is 115 Å². The lowest BCUT2D eigenvalue weighted by Crippen LogP contribution is -2.04. The van der Waals surface area contributed by atoms with Crippen molar-refractivity contribution < 1.29 is 28.0 Å². The Labute approximate surface area is 194 Å². The standard InChI is InChI=1S/C18H15S.C7H6O6S/c1-4-10-16(11-5-1)19(17-12-6-2-7-13-17)18-14-8-3-9-15-18;8-5-3-4(7(9)10)1-2-6(5)14(11,12)13/h1-15H;1-3,8H,(H,9,10)(H,11,12,13)/q+1;/p-1. The van der Waals surface area contributed by atoms with Crippen LogP contribution < -0.4 is 0 Å². The number of phenolic OH excluding ortho intramolecular Hbond substituents is 1. The van der Waals surface area contributed by atoms with Gasteiger partial charge in [-0.15, -0.1) is 0 Å². The van der Waals surface area contributed by atoms with Gasteiger partial charge in [0, 0.05) is 0 Å². The van der Waals surface area contributed by atoms with E-state index in [1.807, 2.05) is 0 Å². The lowest BCUT2D eigenvalue weighted by molar-refractivity contribution is 0.0696. The number of aromatic carboxylic acids is 1. The molecular formula is C25H20O6S2. The smallest absolute Gasteiger partial charge is 0.335 e. The van der Waals surface area contributed by atoms with Crippen LogP contribution in [0.25, 0.3) is 0 Å². The van der Waals surface area contributed by atoms with Crippen molar-refractivity contribution in [2.45, 2.75) is 19.6 Å². The Bertz CT molecular complexity index is 1220. The van der Waals surface area contributed by atoms with E-state index < -0.39 is 26.7 Å². The maximum absolute atomic E-state index is 10.5. The van der Waals surface area contributed by atoms with Crippen molar-refractivity contribution in [1.29, 1.82) is 0 Å². The van der Waals surface area contributed by atoms with Crippen molar-refractivity contribution in [3.05, 3.63) is 115 Å². The summed E-state index contributed by atoms with van der Waals surface area (Å²) in [6, 6.07) is 34.5. The summed E-state index contributed by atoms with van der Waals surface area (Å²) >= 11 is 0. The average Bonchev–Trinajstić information content (AvgIpc) is 2.81. The minimum Gasteiger partial charge on any atom is -0.744 e. The van der Waals surface area contributed by atoms with Gasteiger partial charge in [0.2, 0.25) is 0 Å². The molecule has 0 spiro atoms. The normalized spacial score (nSPS) is 10.8. The first-order valence-corrected chi connectivity index (χ1v) is 12.3. The molecule has 0 aliphatic carbocycles. The molecule has 2 N–H and O–H groups in total. The van der Waals surface area contributed by atoms with Crippen molar-refractivity contribution in [1.82, 2.24) is 0 Å². The molecule has 168 valence electrons. The van der Waals surface area contributed by atoms with Crippen molar-refractivity contribution in [3.8, 4) is 5.75 Å². The third kappa shape index (κ3) is 6.45. The number of aromatic hydroxyl groups is 1. The van der Waals surface area contributed by atoms with Crippen LogP contribution in [0.4, 0.5) is 0 Å². The van der Waals surface area contributed by atoms with E-state index in [4.69, 9.17) is 10.2 Å². The Morgan fingerprint density at radius 1 is 0.697 bits per heavy atom. The Hall–Kier alpha value is -3.59. The summed E-state index contributed by atoms with van der Waals surface area (Å²) < 4.78 is 31.4. The summed E-state index contributed by atoms with van der Waals surface area (Å²) in [6.07, 6.45) is 0. The molecule has 0 atom stereocenters. The van der Waals surface area contributed by atoms with E-state index in [-0.39, 0.29) is 16.5 Å². The molecule has 33 heavy (non-hydrogen) atoms. The number of phenols is 1. The highest BCUT2D eigenvalue weighted by Gasteiger charge is 2.27. The second-order valence-electron chi connectivity index (χ2n) is 6.69. The molecule has 0 heterocycles. The summed E-state index contributed by atoms with van der Waals surface area (Å²) in [4.78, 5) is 13.6. The second kappa shape index (κ2) is 10.8. The fourth-order valence-electron chi connectivity index (χ4n) is 2.94. The van der Waals surface area contributed by atoms with Crippen molar-refractivity contribution in [2.24, 2.45) is 0 Å². The molecule has 4 aromatic rings. The molecule has 0 aliphatic heterocycles. The van der Waals surface area contributed by atoms with Crippen LogP contribution >= 0.6 is 0 Å². The summed E-state index contributed by atoms with van der Waals surface area (Å²) in [7, 11) is -4.78. The lowest BCUT2D eigenvalue weighted by Gasteiger charge is -2.08. The van der Waals surface area contributed by atoms with Crippen LogP contribution in [0.3, 0.4) is 0 Å². The third-order valence-corrected chi connectivity index (χ3v) is 7.53. The highest BCUT2D eigenvalue weighted by atomic mass is 32.2. The zero-order valence-corrected chi connectivity index (χ0v) is 18.9. The van der Waals surface area contributed by atoms with Gasteiger partial charge in [0.25, 0.3) is 0 Å². The molecule has 0 saturated carbocycles. The maximum atomic E-state index is 10.5. The molecular weight excluding hydrogens is 460 g/mol. The van der Waals surface area contributed by atoms with Crippen molar-refractivity contribution in [2.75, 3.05) is 0 Å². The average molecular weight is 481 g/mol. The molecule has 0 bridgehead atoms. The van der Waals surface area contributed by atoms with Gasteiger partial charge in [-0.3, -0.25) is 0 Å². The number of carbonyl (C=O) groups is 1. The van der Waals surface area contributed by atoms with Crippen LogP contribution in [-0.4, -0.2) is 29.2 Å². The van der Waals surface area contributed by atoms with Gasteiger partial charge in [0.05, 0.1) is 21.4 Å². The van der Waals surface area contributed by atoms with Crippen LogP contribution in [0, 0.1) is 0 Å². The van der Waals surface area contributed by atoms with Gasteiger partial charge >= 0.3 is 5.97 Å². The predicted octanol–water partition coefficient (Wildman–Crippen LogP) is 4.78. The highest BCUT2D eigenvalue weighted by molar-refractivity contribution is 7.97. The molecule has 8 heteroatoms. The molecule has 4 rings (SSSR count). The molecule has 4 aromatic carbocycles. The van der Waals surface area contributed by atoms with Gasteiger partial charge in [-0.2, -0.15) is 0 Å². The number of carboxylic acids is 1. The SMILES string of the molecule is O=C(O)c1ccc(S(=O)(=O)[O-])c(O)c1.c1ccc([S+](c2ccccc2)c2ccccc2)cc1. The van der Waals surface area contributed by atoms with Crippen molar-refractivity contribution in [3.63, 3.8) is 0 Å².